The predicted octanol–water partition coefficient (Wildman–Crippen LogP) is 3.03. The molecule has 0 aliphatic rings. The van der Waals surface area contributed by atoms with Crippen molar-refractivity contribution >= 4 is 43.8 Å². The smallest absolute Gasteiger partial charge is 0.369 e. The molecule has 0 heterocycles. The second-order valence-electron chi connectivity index (χ2n) is 5.94. The molecule has 0 radical (unpaired) electrons. The zero-order valence-corrected chi connectivity index (χ0v) is 18.5. The molecule has 0 spiro atoms. The van der Waals surface area contributed by atoms with Crippen molar-refractivity contribution in [1.82, 2.24) is 8.61 Å². The lowest BCUT2D eigenvalue weighted by molar-refractivity contribution is 0.420. The van der Waals surface area contributed by atoms with E-state index in [1.54, 1.807) is 12.1 Å². The first-order valence-electron chi connectivity index (χ1n) is 7.67. The van der Waals surface area contributed by atoms with Crippen molar-refractivity contribution in [3.05, 3.63) is 46.4 Å². The highest BCUT2D eigenvalue weighted by atomic mass is 35.5. The largest absolute Gasteiger partial charge is 0.384 e. The molecule has 0 aliphatic heterocycles. The van der Waals surface area contributed by atoms with E-state index < -0.39 is 20.6 Å². The fraction of sp³-hybridized carbons (Fsp3) is 0.250. The minimum absolute atomic E-state index is 0.0257. The minimum Gasteiger partial charge on any atom is -0.369 e. The second-order valence-corrected chi connectivity index (χ2v) is 10.3. The van der Waals surface area contributed by atoms with Gasteiger partial charge in [0.25, 0.3) is 0 Å². The molecular formula is C16H18Cl2N2O6S2. The van der Waals surface area contributed by atoms with Crippen LogP contribution in [0.5, 0.6) is 11.5 Å². The highest BCUT2D eigenvalue weighted by Gasteiger charge is 2.20. The number of nitrogens with zero attached hydrogens (tertiary/aromatic N) is 2. The fourth-order valence-corrected chi connectivity index (χ4v) is 3.44. The molecule has 28 heavy (non-hydrogen) atoms. The Kier molecular flexibility index (Phi) is 6.85. The van der Waals surface area contributed by atoms with Crippen LogP contribution in [0.1, 0.15) is 0 Å². The summed E-state index contributed by atoms with van der Waals surface area (Å²) in [6.45, 7) is 0. The molecule has 0 bridgehead atoms. The lowest BCUT2D eigenvalue weighted by Gasteiger charge is -2.14. The highest BCUT2D eigenvalue weighted by Crippen LogP contribution is 2.35. The van der Waals surface area contributed by atoms with E-state index in [1.165, 1.54) is 52.5 Å². The van der Waals surface area contributed by atoms with Gasteiger partial charge in [0.05, 0.1) is 10.0 Å². The molecule has 2 rings (SSSR count). The summed E-state index contributed by atoms with van der Waals surface area (Å²) in [5.41, 5.74) is 1.23. The maximum Gasteiger partial charge on any atom is 0.384 e. The van der Waals surface area contributed by atoms with Crippen molar-refractivity contribution < 1.29 is 25.2 Å². The van der Waals surface area contributed by atoms with E-state index in [2.05, 4.69) is 0 Å². The SMILES string of the molecule is CN(C)S(=O)(=O)Oc1ccc(-c2ccc(OS(=O)(=O)N(C)C)c(Cl)c2)cc1Cl. The maximum absolute atomic E-state index is 11.8. The van der Waals surface area contributed by atoms with Crippen LogP contribution in [0.4, 0.5) is 0 Å². The molecule has 12 heteroatoms. The summed E-state index contributed by atoms with van der Waals surface area (Å²) in [5, 5.41) is 0.157. The molecule has 0 atom stereocenters. The number of rotatable bonds is 7. The molecule has 0 aliphatic carbocycles. The maximum atomic E-state index is 11.8. The molecule has 0 unspecified atom stereocenters. The molecule has 154 valence electrons. The zero-order chi connectivity index (χ0) is 21.3. The third kappa shape index (κ3) is 5.28. The number of benzene rings is 2. The average Bonchev–Trinajstić information content (AvgIpc) is 2.58. The summed E-state index contributed by atoms with van der Waals surface area (Å²) in [6, 6.07) is 9.01. The van der Waals surface area contributed by atoms with Gasteiger partial charge in [-0.25, -0.2) is 0 Å². The summed E-state index contributed by atoms with van der Waals surface area (Å²) in [7, 11) is -2.54. The third-order valence-electron chi connectivity index (χ3n) is 3.48. The Morgan fingerprint density at radius 1 is 0.679 bits per heavy atom. The van der Waals surface area contributed by atoms with E-state index >= 15 is 0 Å². The van der Waals surface area contributed by atoms with Crippen LogP contribution in [0.3, 0.4) is 0 Å². The van der Waals surface area contributed by atoms with E-state index in [4.69, 9.17) is 31.6 Å². The number of hydrogen-bond acceptors (Lipinski definition) is 6. The Labute approximate surface area is 174 Å². The van der Waals surface area contributed by atoms with Crippen molar-refractivity contribution in [1.29, 1.82) is 0 Å². The quantitative estimate of drug-likeness (QED) is 0.619. The van der Waals surface area contributed by atoms with Crippen LogP contribution in [0.25, 0.3) is 11.1 Å². The number of halogens is 2. The molecule has 2 aromatic carbocycles. The molecule has 2 aromatic rings. The summed E-state index contributed by atoms with van der Waals surface area (Å²) < 4.78 is 59.0. The first kappa shape index (κ1) is 22.7. The van der Waals surface area contributed by atoms with Gasteiger partial charge in [0.2, 0.25) is 0 Å². The van der Waals surface area contributed by atoms with Crippen LogP contribution >= 0.6 is 23.2 Å². The van der Waals surface area contributed by atoms with Gasteiger partial charge in [-0.3, -0.25) is 0 Å². The van der Waals surface area contributed by atoms with Crippen molar-refractivity contribution in [3.63, 3.8) is 0 Å². The van der Waals surface area contributed by atoms with Gasteiger partial charge in [-0.05, 0) is 35.4 Å². The summed E-state index contributed by atoms with van der Waals surface area (Å²) >= 11 is 12.3. The van der Waals surface area contributed by atoms with Gasteiger partial charge in [-0.1, -0.05) is 35.3 Å². The Bertz CT molecular complexity index is 999. The van der Waals surface area contributed by atoms with Gasteiger partial charge < -0.3 is 8.37 Å². The Hall–Kier alpha value is -1.56. The molecular weight excluding hydrogens is 451 g/mol. The zero-order valence-electron chi connectivity index (χ0n) is 15.4. The van der Waals surface area contributed by atoms with Crippen molar-refractivity contribution in [3.8, 4) is 22.6 Å². The molecule has 0 fully saturated rings. The van der Waals surface area contributed by atoms with Gasteiger partial charge in [0, 0.05) is 28.2 Å². The van der Waals surface area contributed by atoms with Crippen molar-refractivity contribution in [2.75, 3.05) is 28.2 Å². The van der Waals surface area contributed by atoms with Crippen LogP contribution in [0.15, 0.2) is 36.4 Å². The first-order valence-corrected chi connectivity index (χ1v) is 11.2. The van der Waals surface area contributed by atoms with Gasteiger partial charge in [0.1, 0.15) is 0 Å². The van der Waals surface area contributed by atoms with Crippen LogP contribution in [0, 0.1) is 0 Å². The van der Waals surface area contributed by atoms with E-state index in [0.717, 1.165) is 8.61 Å². The summed E-state index contributed by atoms with van der Waals surface area (Å²) in [6.07, 6.45) is 0. The van der Waals surface area contributed by atoms with Crippen LogP contribution < -0.4 is 8.37 Å². The molecule has 0 saturated heterocycles. The fourth-order valence-electron chi connectivity index (χ4n) is 1.87. The average molecular weight is 469 g/mol. The van der Waals surface area contributed by atoms with E-state index in [0.29, 0.717) is 11.1 Å². The summed E-state index contributed by atoms with van der Waals surface area (Å²) in [5.74, 6) is -0.0514. The van der Waals surface area contributed by atoms with Crippen LogP contribution in [0.2, 0.25) is 10.0 Å². The molecule has 0 amide bonds. The van der Waals surface area contributed by atoms with Crippen LogP contribution in [-0.2, 0) is 20.6 Å². The molecule has 0 aromatic heterocycles. The summed E-state index contributed by atoms with van der Waals surface area (Å²) in [4.78, 5) is 0. The van der Waals surface area contributed by atoms with Crippen molar-refractivity contribution in [2.24, 2.45) is 0 Å². The standard InChI is InChI=1S/C16H18Cl2N2O6S2/c1-19(2)27(21,22)25-15-7-5-11(9-13(15)17)12-6-8-16(14(18)10-12)26-28(23,24)20(3)4/h5-10H,1-4H3. The predicted molar refractivity (Wildman–Crippen MR) is 108 cm³/mol. The lowest BCUT2D eigenvalue weighted by Crippen LogP contribution is -2.27. The Morgan fingerprint density at radius 2 is 1.00 bits per heavy atom. The second kappa shape index (κ2) is 8.44. The van der Waals surface area contributed by atoms with Gasteiger partial charge in [0.15, 0.2) is 11.5 Å². The van der Waals surface area contributed by atoms with Crippen molar-refractivity contribution in [2.45, 2.75) is 0 Å². The van der Waals surface area contributed by atoms with E-state index in [1.807, 2.05) is 0 Å². The minimum atomic E-state index is -3.94. The molecule has 8 nitrogen and oxygen atoms in total. The Morgan fingerprint density at radius 3 is 1.25 bits per heavy atom. The molecule has 0 N–H and O–H groups in total. The van der Waals surface area contributed by atoms with Gasteiger partial charge >= 0.3 is 20.6 Å². The first-order chi connectivity index (χ1) is 12.8. The third-order valence-corrected chi connectivity index (χ3v) is 6.64. The lowest BCUT2D eigenvalue weighted by atomic mass is 10.1. The monoisotopic (exact) mass is 468 g/mol. The highest BCUT2D eigenvalue weighted by molar-refractivity contribution is 7.84. The topological polar surface area (TPSA) is 93.2 Å². The van der Waals surface area contributed by atoms with Gasteiger partial charge in [-0.2, -0.15) is 25.4 Å². The normalized spacial score (nSPS) is 12.4. The van der Waals surface area contributed by atoms with Gasteiger partial charge in [-0.15, -0.1) is 0 Å². The number of hydrogen-bond donors (Lipinski definition) is 0. The van der Waals surface area contributed by atoms with E-state index in [-0.39, 0.29) is 21.5 Å². The molecule has 0 saturated carbocycles. The Balaban J connectivity index is 2.32. The van der Waals surface area contributed by atoms with E-state index in [9.17, 15) is 16.8 Å². The van der Waals surface area contributed by atoms with Crippen LogP contribution in [-0.4, -0.2) is 53.6 Å².